The van der Waals surface area contributed by atoms with Gasteiger partial charge in [0.2, 0.25) is 0 Å². The molecule has 0 amide bonds. The van der Waals surface area contributed by atoms with Crippen molar-refractivity contribution in [1.29, 1.82) is 5.26 Å². The highest BCUT2D eigenvalue weighted by Gasteiger charge is 2.29. The van der Waals surface area contributed by atoms with E-state index in [1.54, 1.807) is 0 Å². The van der Waals surface area contributed by atoms with Crippen LogP contribution in [0.15, 0.2) is 0 Å². The lowest BCUT2D eigenvalue weighted by molar-refractivity contribution is 0.122. The van der Waals surface area contributed by atoms with Crippen molar-refractivity contribution in [2.75, 3.05) is 62.8 Å². The quantitative estimate of drug-likeness (QED) is 0.818. The number of hydrogen-bond donors (Lipinski definition) is 0. The fourth-order valence-corrected chi connectivity index (χ4v) is 4.05. The number of pyridine rings is 1. The lowest BCUT2D eigenvalue weighted by Crippen LogP contribution is -2.39. The Hall–Kier alpha value is -1.84. The molecule has 1 aromatic heterocycles. The van der Waals surface area contributed by atoms with E-state index in [0.29, 0.717) is 13.2 Å². The molecule has 6 heteroatoms. The van der Waals surface area contributed by atoms with Crippen molar-refractivity contribution >= 4 is 11.6 Å². The van der Waals surface area contributed by atoms with E-state index in [1.165, 1.54) is 24.0 Å². The van der Waals surface area contributed by atoms with E-state index in [9.17, 15) is 5.26 Å². The van der Waals surface area contributed by atoms with Crippen molar-refractivity contribution in [2.45, 2.75) is 25.8 Å². The lowest BCUT2D eigenvalue weighted by Gasteiger charge is -2.34. The van der Waals surface area contributed by atoms with Crippen LogP contribution in [-0.2, 0) is 17.7 Å². The summed E-state index contributed by atoms with van der Waals surface area (Å²) < 4.78 is 5.48. The maximum Gasteiger partial charge on any atom is 0.149 e. The molecule has 0 N–H and O–H groups in total. The molecule has 1 aromatic rings. The third-order valence-corrected chi connectivity index (χ3v) is 5.37. The van der Waals surface area contributed by atoms with Gasteiger partial charge >= 0.3 is 0 Å². The average Bonchev–Trinajstić information content (AvgIpc) is 3.15. The molecule has 0 aliphatic carbocycles. The van der Waals surface area contributed by atoms with E-state index < -0.39 is 0 Å². The van der Waals surface area contributed by atoms with Gasteiger partial charge < -0.3 is 19.4 Å². The molecular formula is C18H25N5O. The number of nitriles is 1. The second kappa shape index (κ2) is 6.58. The van der Waals surface area contributed by atoms with E-state index in [1.807, 2.05) is 0 Å². The summed E-state index contributed by atoms with van der Waals surface area (Å²) in [7, 11) is 2.15. The molecule has 0 radical (unpaired) electrons. The van der Waals surface area contributed by atoms with Crippen LogP contribution in [0.4, 0.5) is 11.6 Å². The van der Waals surface area contributed by atoms with Crippen LogP contribution < -0.4 is 9.80 Å². The molecule has 0 bridgehead atoms. The molecule has 24 heavy (non-hydrogen) atoms. The van der Waals surface area contributed by atoms with Gasteiger partial charge in [-0.15, -0.1) is 0 Å². The molecule has 3 aliphatic rings. The van der Waals surface area contributed by atoms with Crippen molar-refractivity contribution in [3.8, 4) is 6.07 Å². The summed E-state index contributed by atoms with van der Waals surface area (Å²) >= 11 is 0. The summed E-state index contributed by atoms with van der Waals surface area (Å²) in [6.45, 7) is 7.13. The summed E-state index contributed by atoms with van der Waals surface area (Å²) in [6, 6.07) is 2.47. The molecular weight excluding hydrogens is 302 g/mol. The van der Waals surface area contributed by atoms with E-state index in [2.05, 4.69) is 27.8 Å². The monoisotopic (exact) mass is 327 g/mol. The predicted octanol–water partition coefficient (Wildman–Crippen LogP) is 1.38. The van der Waals surface area contributed by atoms with Gasteiger partial charge in [0.1, 0.15) is 17.7 Å². The van der Waals surface area contributed by atoms with Gasteiger partial charge in [-0.2, -0.15) is 5.26 Å². The Labute approximate surface area is 143 Å². The first kappa shape index (κ1) is 15.7. The van der Waals surface area contributed by atoms with Gasteiger partial charge in [-0.25, -0.2) is 4.98 Å². The van der Waals surface area contributed by atoms with Gasteiger partial charge in [-0.05, 0) is 31.9 Å². The standard InChI is InChI=1S/C18H25N5O/c1-21-7-4-14-15(12-19)17(23-8-10-24-11-9-23)20-18(16(14)13-21)22-5-2-3-6-22/h2-11,13H2,1H3. The van der Waals surface area contributed by atoms with Crippen molar-refractivity contribution < 1.29 is 4.74 Å². The maximum absolute atomic E-state index is 9.85. The normalized spacial score (nSPS) is 21.7. The minimum atomic E-state index is 0.714. The molecule has 4 heterocycles. The van der Waals surface area contributed by atoms with Crippen LogP contribution in [0.25, 0.3) is 0 Å². The molecule has 0 unspecified atom stereocenters. The minimum absolute atomic E-state index is 0.714. The molecule has 0 saturated carbocycles. The number of fused-ring (bicyclic) bond motifs is 1. The van der Waals surface area contributed by atoms with Crippen LogP contribution in [0.1, 0.15) is 29.5 Å². The van der Waals surface area contributed by atoms with E-state index >= 15 is 0 Å². The number of aromatic nitrogens is 1. The number of morpholine rings is 1. The van der Waals surface area contributed by atoms with Crippen molar-refractivity contribution in [3.05, 3.63) is 16.7 Å². The van der Waals surface area contributed by atoms with Crippen LogP contribution in [0.2, 0.25) is 0 Å². The molecule has 2 fully saturated rings. The zero-order chi connectivity index (χ0) is 16.5. The molecule has 0 spiro atoms. The SMILES string of the molecule is CN1CCc2c(C#N)c(N3CCOCC3)nc(N3CCCC3)c2C1. The fourth-order valence-electron chi connectivity index (χ4n) is 4.05. The van der Waals surface area contributed by atoms with Gasteiger partial charge in [0.05, 0.1) is 18.8 Å². The Balaban J connectivity index is 1.84. The highest BCUT2D eigenvalue weighted by Crippen LogP contribution is 2.36. The first-order chi connectivity index (χ1) is 11.8. The van der Waals surface area contributed by atoms with Gasteiger partial charge in [0.25, 0.3) is 0 Å². The van der Waals surface area contributed by atoms with Crippen molar-refractivity contribution in [3.63, 3.8) is 0 Å². The summed E-state index contributed by atoms with van der Waals surface area (Å²) in [4.78, 5) is 12.0. The van der Waals surface area contributed by atoms with Gasteiger partial charge in [0.15, 0.2) is 0 Å². The lowest BCUT2D eigenvalue weighted by atomic mass is 9.95. The summed E-state index contributed by atoms with van der Waals surface area (Å²) in [5, 5.41) is 9.85. The smallest absolute Gasteiger partial charge is 0.149 e. The molecule has 6 nitrogen and oxygen atoms in total. The third kappa shape index (κ3) is 2.72. The molecule has 3 aliphatic heterocycles. The second-order valence-corrected chi connectivity index (χ2v) is 6.98. The van der Waals surface area contributed by atoms with Gasteiger partial charge in [0, 0.05) is 44.8 Å². The Kier molecular flexibility index (Phi) is 4.30. The van der Waals surface area contributed by atoms with Gasteiger partial charge in [-0.1, -0.05) is 0 Å². The molecule has 4 rings (SSSR count). The van der Waals surface area contributed by atoms with Crippen LogP contribution in [0.3, 0.4) is 0 Å². The van der Waals surface area contributed by atoms with E-state index in [4.69, 9.17) is 9.72 Å². The van der Waals surface area contributed by atoms with Crippen LogP contribution in [0, 0.1) is 11.3 Å². The average molecular weight is 327 g/mol. The zero-order valence-electron chi connectivity index (χ0n) is 14.4. The number of anilines is 2. The first-order valence-corrected chi connectivity index (χ1v) is 9.00. The highest BCUT2D eigenvalue weighted by atomic mass is 16.5. The Morgan fingerprint density at radius 1 is 0.958 bits per heavy atom. The molecule has 2 saturated heterocycles. The number of hydrogen-bond acceptors (Lipinski definition) is 6. The van der Waals surface area contributed by atoms with Crippen LogP contribution in [-0.4, -0.2) is 62.9 Å². The molecule has 0 aromatic carbocycles. The number of nitrogens with zero attached hydrogens (tertiary/aromatic N) is 5. The Bertz CT molecular complexity index is 656. The minimum Gasteiger partial charge on any atom is -0.378 e. The van der Waals surface area contributed by atoms with Crippen LogP contribution in [0.5, 0.6) is 0 Å². The van der Waals surface area contributed by atoms with Crippen LogP contribution >= 0.6 is 0 Å². The van der Waals surface area contributed by atoms with E-state index in [-0.39, 0.29) is 0 Å². The third-order valence-electron chi connectivity index (χ3n) is 5.37. The summed E-state index contributed by atoms with van der Waals surface area (Å²) in [5.74, 6) is 2.00. The highest BCUT2D eigenvalue weighted by molar-refractivity contribution is 5.68. The zero-order valence-corrected chi connectivity index (χ0v) is 14.4. The number of likely N-dealkylation sites (N-methyl/N-ethyl adjacent to an activating group) is 1. The number of rotatable bonds is 2. The molecule has 128 valence electrons. The summed E-state index contributed by atoms with van der Waals surface area (Å²) in [5.41, 5.74) is 3.30. The molecule has 0 atom stereocenters. The fraction of sp³-hybridized carbons (Fsp3) is 0.667. The maximum atomic E-state index is 9.85. The second-order valence-electron chi connectivity index (χ2n) is 6.98. The van der Waals surface area contributed by atoms with E-state index in [0.717, 1.165) is 62.9 Å². The largest absolute Gasteiger partial charge is 0.378 e. The number of ether oxygens (including phenoxy) is 1. The Morgan fingerprint density at radius 3 is 2.38 bits per heavy atom. The van der Waals surface area contributed by atoms with Crippen molar-refractivity contribution in [1.82, 2.24) is 9.88 Å². The Morgan fingerprint density at radius 2 is 1.67 bits per heavy atom. The van der Waals surface area contributed by atoms with Crippen molar-refractivity contribution in [2.24, 2.45) is 0 Å². The predicted molar refractivity (Wildman–Crippen MR) is 93.5 cm³/mol. The topological polar surface area (TPSA) is 55.6 Å². The first-order valence-electron chi connectivity index (χ1n) is 9.00. The van der Waals surface area contributed by atoms with Gasteiger partial charge in [-0.3, -0.25) is 0 Å². The summed E-state index contributed by atoms with van der Waals surface area (Å²) in [6.07, 6.45) is 3.41.